The summed E-state index contributed by atoms with van der Waals surface area (Å²) in [5, 5.41) is 4.08. The Morgan fingerprint density at radius 1 is 1.00 bits per heavy atom. The minimum atomic E-state index is 1.71. The number of allylic oxidation sites excluding steroid dienone is 2. The van der Waals surface area contributed by atoms with Gasteiger partial charge in [0, 0.05) is 0 Å². The maximum absolute atomic E-state index is 2.04. The smallest absolute Gasteiger partial charge is 0.00444 e. The van der Waals surface area contributed by atoms with Crippen molar-refractivity contribution in [3.63, 3.8) is 0 Å². The third-order valence-corrected chi connectivity index (χ3v) is 1.05. The van der Waals surface area contributed by atoms with Gasteiger partial charge in [0.05, 0.1) is 0 Å². The van der Waals surface area contributed by atoms with Crippen LogP contribution in [0.5, 0.6) is 0 Å². The highest BCUT2D eigenvalue weighted by molar-refractivity contribution is 7.84. The molecular formula is C4H4S+. The molecule has 0 nitrogen and oxygen atoms in total. The minimum absolute atomic E-state index is 1.71. The van der Waals surface area contributed by atoms with Gasteiger partial charge in [0.25, 0.3) is 11.8 Å². The van der Waals surface area contributed by atoms with Crippen molar-refractivity contribution in [1.29, 1.82) is 0 Å². The van der Waals surface area contributed by atoms with E-state index in [0.29, 0.717) is 0 Å². The van der Waals surface area contributed by atoms with Crippen LogP contribution < -0.4 is 0 Å². The molecule has 0 bridgehead atoms. The Kier molecular flexibility index (Phi) is 0.799. The fourth-order valence-corrected chi connectivity index (χ4v) is 0.680. The van der Waals surface area contributed by atoms with Crippen LogP contribution in [-0.2, 0) is 11.8 Å². The molecule has 1 aliphatic heterocycles. The SMILES string of the molecule is C1=C[S+]C=C1. The molecule has 0 saturated heterocycles. The second-order valence-corrected chi connectivity index (χ2v) is 1.61. The molecule has 0 aliphatic carbocycles. The molecular weight excluding hydrogens is 80.1 g/mol. The van der Waals surface area contributed by atoms with Gasteiger partial charge in [-0.3, -0.25) is 0 Å². The zero-order valence-corrected chi connectivity index (χ0v) is 3.53. The van der Waals surface area contributed by atoms with Crippen LogP contribution in [0.1, 0.15) is 0 Å². The van der Waals surface area contributed by atoms with E-state index >= 15 is 0 Å². The highest BCUT2D eigenvalue weighted by atomic mass is 32.2. The van der Waals surface area contributed by atoms with Gasteiger partial charge in [0.1, 0.15) is 0 Å². The predicted octanol–water partition coefficient (Wildman–Crippen LogP) is 1.11. The minimum Gasteiger partial charge on any atom is -0.00444 e. The molecule has 0 fully saturated rings. The summed E-state index contributed by atoms with van der Waals surface area (Å²) < 4.78 is 0. The highest BCUT2D eigenvalue weighted by Gasteiger charge is 1.93. The fourth-order valence-electron chi connectivity index (χ4n) is 0.227. The summed E-state index contributed by atoms with van der Waals surface area (Å²) in [5.74, 6) is 0. The normalized spacial score (nSPS) is 17.6. The van der Waals surface area contributed by atoms with Crippen molar-refractivity contribution in [1.82, 2.24) is 0 Å². The summed E-state index contributed by atoms with van der Waals surface area (Å²) in [7, 11) is 0. The van der Waals surface area contributed by atoms with Gasteiger partial charge in [-0.05, 0) is 12.2 Å². The van der Waals surface area contributed by atoms with Crippen molar-refractivity contribution in [3.05, 3.63) is 23.0 Å². The first-order chi connectivity index (χ1) is 2.50. The number of thioether (sulfide) groups is 1. The maximum atomic E-state index is 2.04. The lowest BCUT2D eigenvalue weighted by molar-refractivity contribution is 2.15. The van der Waals surface area contributed by atoms with Gasteiger partial charge in [0.2, 0.25) is 0 Å². The average Bonchev–Trinajstić information content (AvgIpc) is 1.76. The van der Waals surface area contributed by atoms with E-state index in [-0.39, 0.29) is 0 Å². The first kappa shape index (κ1) is 3.04. The number of hydrogen-bond acceptors (Lipinski definition) is 1. The van der Waals surface area contributed by atoms with E-state index in [2.05, 4.69) is 0 Å². The van der Waals surface area contributed by atoms with E-state index in [9.17, 15) is 0 Å². The Morgan fingerprint density at radius 3 is 1.80 bits per heavy atom. The van der Waals surface area contributed by atoms with Crippen molar-refractivity contribution in [2.75, 3.05) is 0 Å². The van der Waals surface area contributed by atoms with Crippen LogP contribution in [0.25, 0.3) is 0 Å². The quantitative estimate of drug-likeness (QED) is 0.396. The molecule has 5 heavy (non-hydrogen) atoms. The van der Waals surface area contributed by atoms with E-state index in [1.807, 2.05) is 23.0 Å². The van der Waals surface area contributed by atoms with Gasteiger partial charge in [-0.1, -0.05) is 0 Å². The molecule has 0 unspecified atom stereocenters. The summed E-state index contributed by atoms with van der Waals surface area (Å²) in [5.41, 5.74) is 0. The number of rotatable bonds is 0. The lowest BCUT2D eigenvalue weighted by Crippen LogP contribution is -1.43. The van der Waals surface area contributed by atoms with E-state index in [1.54, 1.807) is 11.8 Å². The van der Waals surface area contributed by atoms with Crippen molar-refractivity contribution < 1.29 is 0 Å². The van der Waals surface area contributed by atoms with Gasteiger partial charge in [-0.25, -0.2) is 0 Å². The Balaban J connectivity index is 2.61. The molecule has 0 atom stereocenters. The van der Waals surface area contributed by atoms with Gasteiger partial charge in [-0.2, -0.15) is 0 Å². The molecule has 0 amide bonds. The summed E-state index contributed by atoms with van der Waals surface area (Å²) >= 11 is 1.71. The second kappa shape index (κ2) is 1.31. The summed E-state index contributed by atoms with van der Waals surface area (Å²) in [6.07, 6.45) is 4.04. The van der Waals surface area contributed by atoms with Crippen molar-refractivity contribution in [2.45, 2.75) is 0 Å². The third kappa shape index (κ3) is 0.550. The summed E-state index contributed by atoms with van der Waals surface area (Å²) in [4.78, 5) is 0. The zero-order valence-electron chi connectivity index (χ0n) is 2.72. The zero-order chi connectivity index (χ0) is 3.54. The van der Waals surface area contributed by atoms with Crippen LogP contribution in [0.2, 0.25) is 0 Å². The largest absolute Gasteiger partial charge is 0.268 e. The van der Waals surface area contributed by atoms with Crippen LogP contribution in [0, 0.1) is 0 Å². The number of hydrogen-bond donors (Lipinski definition) is 0. The molecule has 1 radical (unpaired) electrons. The molecule has 0 aromatic heterocycles. The molecule has 0 spiro atoms. The molecule has 1 rings (SSSR count). The third-order valence-electron chi connectivity index (χ3n) is 0.425. The molecule has 1 aliphatic rings. The molecule has 0 N–H and O–H groups in total. The molecule has 1 heterocycles. The van der Waals surface area contributed by atoms with E-state index in [1.165, 1.54) is 0 Å². The standard InChI is InChI=1S/C4H4S/c1-2-4-5-3-1/h1-4H/q+1. The van der Waals surface area contributed by atoms with Crippen molar-refractivity contribution in [2.24, 2.45) is 0 Å². The van der Waals surface area contributed by atoms with Crippen LogP contribution >= 0.6 is 0 Å². The van der Waals surface area contributed by atoms with Gasteiger partial charge in [0.15, 0.2) is 10.8 Å². The summed E-state index contributed by atoms with van der Waals surface area (Å²) in [6.45, 7) is 0. The van der Waals surface area contributed by atoms with E-state index in [0.717, 1.165) is 0 Å². The van der Waals surface area contributed by atoms with Crippen LogP contribution in [-0.4, -0.2) is 0 Å². The van der Waals surface area contributed by atoms with Crippen LogP contribution in [0.3, 0.4) is 0 Å². The Labute approximate surface area is 35.6 Å². The van der Waals surface area contributed by atoms with Crippen LogP contribution in [0.15, 0.2) is 23.0 Å². The monoisotopic (exact) mass is 84.0 g/mol. The Hall–Kier alpha value is -0.170. The highest BCUT2D eigenvalue weighted by Crippen LogP contribution is 1.89. The molecule has 0 aromatic rings. The maximum Gasteiger partial charge on any atom is 0.268 e. The molecule has 25 valence electrons. The van der Waals surface area contributed by atoms with E-state index in [4.69, 9.17) is 0 Å². The lowest BCUT2D eigenvalue weighted by Gasteiger charge is -1.33. The average molecular weight is 84.1 g/mol. The van der Waals surface area contributed by atoms with Crippen molar-refractivity contribution in [3.8, 4) is 0 Å². The van der Waals surface area contributed by atoms with Gasteiger partial charge >= 0.3 is 0 Å². The Bertz CT molecular complexity index is 61.7. The second-order valence-electron chi connectivity index (χ2n) is 0.793. The van der Waals surface area contributed by atoms with Crippen molar-refractivity contribution >= 4 is 11.8 Å². The van der Waals surface area contributed by atoms with Gasteiger partial charge < -0.3 is 0 Å². The molecule has 0 saturated carbocycles. The lowest BCUT2D eigenvalue weighted by atomic mass is 10.6. The van der Waals surface area contributed by atoms with Crippen LogP contribution in [0.4, 0.5) is 0 Å². The fraction of sp³-hybridized carbons (Fsp3) is 0. The molecule has 1 heteroatoms. The first-order valence-electron chi connectivity index (χ1n) is 1.47. The summed E-state index contributed by atoms with van der Waals surface area (Å²) in [6, 6.07) is 0. The first-order valence-corrected chi connectivity index (χ1v) is 2.41. The topological polar surface area (TPSA) is 0 Å². The Morgan fingerprint density at radius 2 is 1.60 bits per heavy atom. The predicted molar refractivity (Wildman–Crippen MR) is 25.6 cm³/mol. The van der Waals surface area contributed by atoms with E-state index < -0.39 is 0 Å². The van der Waals surface area contributed by atoms with Gasteiger partial charge in [-0.15, -0.1) is 0 Å². The molecule has 0 aromatic carbocycles.